The van der Waals surface area contributed by atoms with Crippen molar-refractivity contribution in [2.45, 2.75) is 31.8 Å². The van der Waals surface area contributed by atoms with E-state index in [-0.39, 0.29) is 37.4 Å². The van der Waals surface area contributed by atoms with Crippen LogP contribution in [0.1, 0.15) is 25.7 Å². The summed E-state index contributed by atoms with van der Waals surface area (Å²) in [5.74, 6) is -0.608. The molecule has 1 atom stereocenters. The molecule has 6 heteroatoms. The molecular formula is C15H18ClNO4. The van der Waals surface area contributed by atoms with E-state index >= 15 is 0 Å². The van der Waals surface area contributed by atoms with Gasteiger partial charge in [0.1, 0.15) is 6.61 Å². The molecule has 114 valence electrons. The van der Waals surface area contributed by atoms with Gasteiger partial charge in [0, 0.05) is 23.7 Å². The zero-order valence-corrected chi connectivity index (χ0v) is 12.4. The van der Waals surface area contributed by atoms with Crippen molar-refractivity contribution in [3.8, 4) is 0 Å². The highest BCUT2D eigenvalue weighted by Crippen LogP contribution is 2.14. The van der Waals surface area contributed by atoms with Crippen LogP contribution >= 0.6 is 11.6 Å². The zero-order chi connectivity index (χ0) is 15.1. The van der Waals surface area contributed by atoms with E-state index in [0.717, 1.165) is 19.4 Å². The smallest absolute Gasteiger partial charge is 0.306 e. The third-order valence-electron chi connectivity index (χ3n) is 3.14. The summed E-state index contributed by atoms with van der Waals surface area (Å²) < 4.78 is 10.4. The van der Waals surface area contributed by atoms with Crippen LogP contribution in [-0.4, -0.2) is 31.2 Å². The molecule has 1 heterocycles. The van der Waals surface area contributed by atoms with Gasteiger partial charge in [-0.05, 0) is 37.1 Å². The van der Waals surface area contributed by atoms with Gasteiger partial charge >= 0.3 is 5.97 Å². The standard InChI is InChI=1S/C15H18ClNO4/c16-11-3-5-12(6-4-11)17-14(18)7-8-15(19)21-10-13-2-1-9-20-13/h3-6,13H,1-2,7-10H2,(H,17,18)/t13-/m1/s1. The van der Waals surface area contributed by atoms with E-state index in [1.807, 2.05) is 0 Å². The van der Waals surface area contributed by atoms with Crippen molar-refractivity contribution in [3.63, 3.8) is 0 Å². The molecule has 0 aliphatic carbocycles. The molecule has 0 unspecified atom stereocenters. The lowest BCUT2D eigenvalue weighted by atomic mass is 10.2. The van der Waals surface area contributed by atoms with Crippen LogP contribution in [0.2, 0.25) is 5.02 Å². The van der Waals surface area contributed by atoms with Crippen LogP contribution in [-0.2, 0) is 19.1 Å². The molecule has 0 radical (unpaired) electrons. The highest BCUT2D eigenvalue weighted by atomic mass is 35.5. The summed E-state index contributed by atoms with van der Waals surface area (Å²) in [5, 5.41) is 3.29. The lowest BCUT2D eigenvalue weighted by molar-refractivity contribution is -0.147. The first-order valence-electron chi connectivity index (χ1n) is 6.96. The number of halogens is 1. The minimum absolute atomic E-state index is 0.0110. The summed E-state index contributed by atoms with van der Waals surface area (Å²) in [5.41, 5.74) is 0.650. The lowest BCUT2D eigenvalue weighted by Crippen LogP contribution is -2.19. The Morgan fingerprint density at radius 3 is 2.71 bits per heavy atom. The van der Waals surface area contributed by atoms with Gasteiger partial charge in [-0.3, -0.25) is 9.59 Å². The Hall–Kier alpha value is -1.59. The fourth-order valence-electron chi connectivity index (χ4n) is 2.01. The molecule has 21 heavy (non-hydrogen) atoms. The van der Waals surface area contributed by atoms with Gasteiger partial charge in [-0.15, -0.1) is 0 Å². The molecule has 1 amide bonds. The Balaban J connectivity index is 1.63. The van der Waals surface area contributed by atoms with Crippen LogP contribution in [0.4, 0.5) is 5.69 Å². The summed E-state index contributed by atoms with van der Waals surface area (Å²) in [6.07, 6.45) is 2.09. The average Bonchev–Trinajstić information content (AvgIpc) is 2.99. The van der Waals surface area contributed by atoms with Crippen molar-refractivity contribution in [2.75, 3.05) is 18.5 Å². The minimum Gasteiger partial charge on any atom is -0.463 e. The number of hydrogen-bond acceptors (Lipinski definition) is 4. The van der Waals surface area contributed by atoms with Crippen molar-refractivity contribution in [1.82, 2.24) is 0 Å². The number of rotatable bonds is 6. The third-order valence-corrected chi connectivity index (χ3v) is 3.39. The molecule has 5 nitrogen and oxygen atoms in total. The second-order valence-electron chi connectivity index (χ2n) is 4.87. The second kappa shape index (κ2) is 8.00. The van der Waals surface area contributed by atoms with Gasteiger partial charge in [0.15, 0.2) is 0 Å². The van der Waals surface area contributed by atoms with E-state index in [0.29, 0.717) is 10.7 Å². The van der Waals surface area contributed by atoms with Crippen molar-refractivity contribution < 1.29 is 19.1 Å². The van der Waals surface area contributed by atoms with Gasteiger partial charge in [0.05, 0.1) is 12.5 Å². The fraction of sp³-hybridized carbons (Fsp3) is 0.467. The van der Waals surface area contributed by atoms with Gasteiger partial charge in [-0.25, -0.2) is 0 Å². The highest BCUT2D eigenvalue weighted by molar-refractivity contribution is 6.30. The number of nitrogens with one attached hydrogen (secondary N) is 1. The molecule has 0 bridgehead atoms. The number of benzene rings is 1. The number of carbonyl (C=O) groups is 2. The summed E-state index contributed by atoms with van der Waals surface area (Å²) >= 11 is 5.76. The summed E-state index contributed by atoms with van der Waals surface area (Å²) in [4.78, 5) is 23.2. The molecule has 1 aliphatic rings. The van der Waals surface area contributed by atoms with Gasteiger partial charge in [0.2, 0.25) is 5.91 Å². The van der Waals surface area contributed by atoms with Crippen molar-refractivity contribution in [2.24, 2.45) is 0 Å². The molecule has 1 aliphatic heterocycles. The number of ether oxygens (including phenoxy) is 2. The number of carbonyl (C=O) groups excluding carboxylic acids is 2. The second-order valence-corrected chi connectivity index (χ2v) is 5.31. The normalized spacial score (nSPS) is 17.5. The van der Waals surface area contributed by atoms with Crippen LogP contribution in [0, 0.1) is 0 Å². The van der Waals surface area contributed by atoms with Gasteiger partial charge < -0.3 is 14.8 Å². The summed E-state index contributed by atoms with van der Waals surface area (Å²) in [7, 11) is 0. The van der Waals surface area contributed by atoms with E-state index in [1.54, 1.807) is 24.3 Å². The number of amides is 1. The average molecular weight is 312 g/mol. The monoisotopic (exact) mass is 311 g/mol. The van der Waals surface area contributed by atoms with Crippen LogP contribution in [0.25, 0.3) is 0 Å². The molecule has 1 aromatic carbocycles. The van der Waals surface area contributed by atoms with Crippen molar-refractivity contribution >= 4 is 29.2 Å². The Labute approximate surface area is 128 Å². The highest BCUT2D eigenvalue weighted by Gasteiger charge is 2.17. The molecular weight excluding hydrogens is 294 g/mol. The first kappa shape index (κ1) is 15.8. The SMILES string of the molecule is O=C(CCC(=O)OC[C@H]1CCCO1)Nc1ccc(Cl)cc1. The predicted molar refractivity (Wildman–Crippen MR) is 79.2 cm³/mol. The molecule has 0 aromatic heterocycles. The van der Waals surface area contributed by atoms with Crippen molar-refractivity contribution in [1.29, 1.82) is 0 Å². The Bertz CT molecular complexity index is 483. The zero-order valence-electron chi connectivity index (χ0n) is 11.6. The van der Waals surface area contributed by atoms with E-state index in [2.05, 4.69) is 5.32 Å². The van der Waals surface area contributed by atoms with Gasteiger partial charge in [0.25, 0.3) is 0 Å². The summed E-state index contributed by atoms with van der Waals surface area (Å²) in [6.45, 7) is 1.00. The van der Waals surface area contributed by atoms with Crippen molar-refractivity contribution in [3.05, 3.63) is 29.3 Å². The summed E-state index contributed by atoms with van der Waals surface area (Å²) in [6, 6.07) is 6.78. The fourth-order valence-corrected chi connectivity index (χ4v) is 2.13. The maximum atomic E-state index is 11.7. The van der Waals surface area contributed by atoms with Crippen LogP contribution < -0.4 is 5.32 Å². The van der Waals surface area contributed by atoms with Crippen LogP contribution in [0.15, 0.2) is 24.3 Å². The quantitative estimate of drug-likeness (QED) is 0.820. The van der Waals surface area contributed by atoms with Crippen LogP contribution in [0.5, 0.6) is 0 Å². The topological polar surface area (TPSA) is 64.6 Å². The molecule has 1 aromatic rings. The van der Waals surface area contributed by atoms with Crippen LogP contribution in [0.3, 0.4) is 0 Å². The number of hydrogen-bond donors (Lipinski definition) is 1. The molecule has 1 saturated heterocycles. The Kier molecular flexibility index (Phi) is 6.02. The molecule has 2 rings (SSSR count). The van der Waals surface area contributed by atoms with E-state index in [1.165, 1.54) is 0 Å². The van der Waals surface area contributed by atoms with Gasteiger partial charge in [-0.1, -0.05) is 11.6 Å². The predicted octanol–water partition coefficient (Wildman–Crippen LogP) is 2.78. The van der Waals surface area contributed by atoms with E-state index in [4.69, 9.17) is 21.1 Å². The Morgan fingerprint density at radius 2 is 2.05 bits per heavy atom. The molecule has 0 spiro atoms. The van der Waals surface area contributed by atoms with Gasteiger partial charge in [-0.2, -0.15) is 0 Å². The maximum absolute atomic E-state index is 11.7. The molecule has 1 N–H and O–H groups in total. The maximum Gasteiger partial charge on any atom is 0.306 e. The molecule has 1 fully saturated rings. The Morgan fingerprint density at radius 1 is 1.29 bits per heavy atom. The minimum atomic E-state index is -0.378. The number of esters is 1. The third kappa shape index (κ3) is 5.73. The van der Waals surface area contributed by atoms with E-state index in [9.17, 15) is 9.59 Å². The largest absolute Gasteiger partial charge is 0.463 e. The lowest BCUT2D eigenvalue weighted by Gasteiger charge is -2.10. The van der Waals surface area contributed by atoms with E-state index < -0.39 is 0 Å². The molecule has 0 saturated carbocycles. The first-order valence-corrected chi connectivity index (χ1v) is 7.34. The number of anilines is 1. The first-order chi connectivity index (χ1) is 10.1.